The normalized spacial score (nSPS) is 20.5. The van der Waals surface area contributed by atoms with Crippen LogP contribution in [0, 0.1) is 0 Å². The summed E-state index contributed by atoms with van der Waals surface area (Å²) in [4.78, 5) is 13.2. The van der Waals surface area contributed by atoms with Gasteiger partial charge in [0.05, 0.1) is 27.6 Å². The van der Waals surface area contributed by atoms with Gasteiger partial charge in [-0.2, -0.15) is 0 Å². The van der Waals surface area contributed by atoms with Crippen LogP contribution in [0.1, 0.15) is 23.7 Å². The molecule has 3 nitrogen and oxygen atoms in total. The third-order valence-corrected chi connectivity index (χ3v) is 3.94. The molecule has 5 heteroatoms. The molecule has 2 aliphatic rings. The first kappa shape index (κ1) is 14.3. The largest absolute Gasteiger partial charge is 0.491 e. The van der Waals surface area contributed by atoms with Crippen LogP contribution in [0.4, 0.5) is 0 Å². The molecule has 1 aliphatic heterocycles. The molecule has 21 heavy (non-hydrogen) atoms. The van der Waals surface area contributed by atoms with Crippen molar-refractivity contribution in [1.82, 2.24) is 0 Å². The number of ketones is 1. The lowest BCUT2D eigenvalue weighted by atomic mass is 9.89. The van der Waals surface area contributed by atoms with E-state index >= 15 is 0 Å². The van der Waals surface area contributed by atoms with Gasteiger partial charge in [0.15, 0.2) is 6.10 Å². The molecule has 0 fully saturated rings. The van der Waals surface area contributed by atoms with Crippen molar-refractivity contribution in [1.29, 1.82) is 0 Å². The van der Waals surface area contributed by atoms with Gasteiger partial charge in [0.1, 0.15) is 11.5 Å². The number of rotatable bonds is 3. The highest BCUT2D eigenvalue weighted by Crippen LogP contribution is 2.38. The van der Waals surface area contributed by atoms with Crippen LogP contribution in [-0.2, 0) is 4.74 Å². The van der Waals surface area contributed by atoms with Gasteiger partial charge in [0, 0.05) is 0 Å². The summed E-state index contributed by atoms with van der Waals surface area (Å²) >= 11 is 11.5. The number of hydrogen-bond donors (Lipinski definition) is 0. The lowest BCUT2D eigenvalue weighted by Gasteiger charge is -2.31. The number of carbonyl (C=O) groups is 1. The first-order valence-corrected chi connectivity index (χ1v) is 7.51. The molecule has 1 unspecified atom stereocenters. The van der Waals surface area contributed by atoms with Crippen molar-refractivity contribution in [3.8, 4) is 5.75 Å². The van der Waals surface area contributed by atoms with Crippen LogP contribution in [0.3, 0.4) is 0 Å². The lowest BCUT2D eigenvalue weighted by Crippen LogP contribution is -2.38. The van der Waals surface area contributed by atoms with E-state index in [1.165, 1.54) is 0 Å². The second kappa shape index (κ2) is 5.62. The maximum absolute atomic E-state index is 12.8. The van der Waals surface area contributed by atoms with Crippen LogP contribution in [0.2, 0.25) is 0 Å². The Morgan fingerprint density at radius 1 is 1.38 bits per heavy atom. The quantitative estimate of drug-likeness (QED) is 0.793. The number of para-hydroxylation sites is 1. The summed E-state index contributed by atoms with van der Waals surface area (Å²) in [5, 5.41) is 0.357. The van der Waals surface area contributed by atoms with Crippen molar-refractivity contribution < 1.29 is 14.3 Å². The zero-order valence-electron chi connectivity index (χ0n) is 11.4. The third kappa shape index (κ3) is 2.39. The van der Waals surface area contributed by atoms with Crippen LogP contribution in [0.15, 0.2) is 46.7 Å². The number of fused-ring (bicyclic) bond motifs is 2. The van der Waals surface area contributed by atoms with Crippen LogP contribution in [0.25, 0.3) is 0 Å². The summed E-state index contributed by atoms with van der Waals surface area (Å²) in [7, 11) is 0. The monoisotopic (exact) mass is 320 g/mol. The van der Waals surface area contributed by atoms with Gasteiger partial charge in [-0.3, -0.25) is 4.79 Å². The van der Waals surface area contributed by atoms with Crippen molar-refractivity contribution in [3.05, 3.63) is 52.3 Å². The number of allylic oxidation sites excluding steroid dienone is 1. The number of halogens is 1. The lowest BCUT2D eigenvalue weighted by molar-refractivity contribution is 0.0969. The number of Topliss-reactive ketones (excluding diaryl/α,β-unsaturated/α-hetero) is 1. The Kier molecular flexibility index (Phi) is 3.83. The average Bonchev–Trinajstić information content (AvgIpc) is 2.48. The van der Waals surface area contributed by atoms with E-state index in [2.05, 4.69) is 0 Å². The Balaban J connectivity index is 2.14. The Morgan fingerprint density at radius 2 is 2.14 bits per heavy atom. The number of ether oxygens (including phenoxy) is 2. The molecular weight excluding hydrogens is 308 g/mol. The average molecular weight is 321 g/mol. The maximum Gasteiger partial charge on any atom is 0.200 e. The van der Waals surface area contributed by atoms with Gasteiger partial charge in [-0.05, 0) is 24.6 Å². The molecule has 0 bridgehead atoms. The molecule has 108 valence electrons. The van der Waals surface area contributed by atoms with Gasteiger partial charge in [0.25, 0.3) is 0 Å². The van der Waals surface area contributed by atoms with E-state index in [-0.39, 0.29) is 5.78 Å². The Bertz CT molecular complexity index is 691. The smallest absolute Gasteiger partial charge is 0.200 e. The van der Waals surface area contributed by atoms with Gasteiger partial charge in [-0.1, -0.05) is 42.9 Å². The van der Waals surface area contributed by atoms with E-state index in [0.717, 1.165) is 6.42 Å². The van der Waals surface area contributed by atoms with Gasteiger partial charge >= 0.3 is 0 Å². The van der Waals surface area contributed by atoms with Gasteiger partial charge in [-0.25, -0.2) is 0 Å². The summed E-state index contributed by atoms with van der Waals surface area (Å²) in [6.07, 6.45) is 1.84. The van der Waals surface area contributed by atoms with Crippen molar-refractivity contribution >= 4 is 34.5 Å². The molecule has 0 spiro atoms. The molecule has 0 saturated carbocycles. The topological polar surface area (TPSA) is 35.5 Å². The minimum atomic E-state index is -0.600. The predicted octanol–water partition coefficient (Wildman–Crippen LogP) is 3.82. The minimum Gasteiger partial charge on any atom is -0.491 e. The molecule has 1 aromatic rings. The summed E-state index contributed by atoms with van der Waals surface area (Å²) < 4.78 is 11.5. The third-order valence-electron chi connectivity index (χ3n) is 3.32. The second-order valence-electron chi connectivity index (χ2n) is 4.81. The summed E-state index contributed by atoms with van der Waals surface area (Å²) in [5.41, 5.74) is 0.912. The highest BCUT2D eigenvalue weighted by Gasteiger charge is 2.40. The van der Waals surface area contributed by atoms with E-state index < -0.39 is 6.10 Å². The summed E-state index contributed by atoms with van der Waals surface area (Å²) in [6, 6.07) is 7.11. The van der Waals surface area contributed by atoms with Crippen molar-refractivity contribution in [2.45, 2.75) is 19.4 Å². The second-order valence-corrected chi connectivity index (χ2v) is 5.69. The van der Waals surface area contributed by atoms with Gasteiger partial charge < -0.3 is 9.47 Å². The fraction of sp³-hybridized carbons (Fsp3) is 0.250. The molecule has 0 aromatic heterocycles. The zero-order chi connectivity index (χ0) is 15.0. The molecule has 1 atom stereocenters. The first-order valence-electron chi connectivity index (χ1n) is 6.72. The first-order chi connectivity index (χ1) is 10.1. The number of carbonyl (C=O) groups excluding carboxylic acids is 1. The standard InChI is InChI=1S/C16H13ClO3S/c1-2-7-19-15-10(17)8-12(21)16-13(15)14(18)9-5-3-4-6-11(9)20-16/h3-6,8,16H,2,7H2,1H3. The molecule has 0 saturated heterocycles. The van der Waals surface area contributed by atoms with E-state index in [0.29, 0.717) is 39.1 Å². The predicted molar refractivity (Wildman–Crippen MR) is 85.0 cm³/mol. The minimum absolute atomic E-state index is 0.137. The van der Waals surface area contributed by atoms with Crippen molar-refractivity contribution in [3.63, 3.8) is 0 Å². The summed E-state index contributed by atoms with van der Waals surface area (Å²) in [6.45, 7) is 2.47. The molecule has 0 amide bonds. The molecule has 0 N–H and O–H groups in total. The van der Waals surface area contributed by atoms with Crippen LogP contribution < -0.4 is 4.74 Å². The van der Waals surface area contributed by atoms with E-state index in [1.807, 2.05) is 13.0 Å². The Hall–Kier alpha value is -1.65. The highest BCUT2D eigenvalue weighted by atomic mass is 35.5. The van der Waals surface area contributed by atoms with Crippen molar-refractivity contribution in [2.75, 3.05) is 6.61 Å². The van der Waals surface area contributed by atoms with Crippen molar-refractivity contribution in [2.24, 2.45) is 0 Å². The summed E-state index contributed by atoms with van der Waals surface area (Å²) in [5.74, 6) is 0.790. The molecule has 1 aromatic carbocycles. The van der Waals surface area contributed by atoms with Crippen LogP contribution in [-0.4, -0.2) is 23.4 Å². The Morgan fingerprint density at radius 3 is 2.90 bits per heavy atom. The number of benzene rings is 1. The number of thiocarbonyl (C=S) groups is 1. The SMILES string of the molecule is CCCOC1=C2C(=O)c3ccccc3OC2C(=S)C=C1Cl. The zero-order valence-corrected chi connectivity index (χ0v) is 13.0. The molecule has 0 radical (unpaired) electrons. The molecule has 1 aliphatic carbocycles. The molecule has 3 rings (SSSR count). The fourth-order valence-corrected chi connectivity index (χ4v) is 3.00. The van der Waals surface area contributed by atoms with Crippen LogP contribution in [0.5, 0.6) is 5.75 Å². The molecular formula is C16H13ClO3S. The maximum atomic E-state index is 12.8. The van der Waals surface area contributed by atoms with E-state index in [9.17, 15) is 4.79 Å². The Labute approximate surface area is 133 Å². The van der Waals surface area contributed by atoms with E-state index in [4.69, 9.17) is 33.3 Å². The number of hydrogen-bond acceptors (Lipinski definition) is 4. The van der Waals surface area contributed by atoms with E-state index in [1.54, 1.807) is 24.3 Å². The molecule has 1 heterocycles. The highest BCUT2D eigenvalue weighted by molar-refractivity contribution is 7.81. The van der Waals surface area contributed by atoms with Crippen LogP contribution >= 0.6 is 23.8 Å². The van der Waals surface area contributed by atoms with Gasteiger partial charge in [0.2, 0.25) is 5.78 Å². The fourth-order valence-electron chi connectivity index (χ4n) is 2.38. The van der Waals surface area contributed by atoms with Gasteiger partial charge in [-0.15, -0.1) is 0 Å².